The van der Waals surface area contributed by atoms with Crippen molar-refractivity contribution < 1.29 is 18.7 Å². The molecule has 0 saturated carbocycles. The normalized spacial score (nSPS) is 10.0. The first-order valence-electron chi connectivity index (χ1n) is 5.29. The van der Waals surface area contributed by atoms with Crippen molar-refractivity contribution in [1.82, 2.24) is 0 Å². The molecule has 0 atom stereocenters. The fraction of sp³-hybridized carbons (Fsp3) is 0.273. The topological polar surface area (TPSA) is 125 Å². The largest absolute Gasteiger partial charge is 0.495 e. The van der Waals surface area contributed by atoms with Crippen LogP contribution in [0.2, 0.25) is 0 Å². The highest BCUT2D eigenvalue weighted by atomic mass is 19.1. The fourth-order valence-electron chi connectivity index (χ4n) is 1.58. The highest BCUT2D eigenvalue weighted by Crippen LogP contribution is 2.30. The molecule has 0 aliphatic heterocycles. The molecule has 1 rings (SSSR count). The number of nitrogens with two attached hydrogens (primary N) is 3. The lowest BCUT2D eigenvalue weighted by atomic mass is 10.2. The molecule has 0 aromatic heterocycles. The predicted octanol–water partition coefficient (Wildman–Crippen LogP) is -0.806. The van der Waals surface area contributed by atoms with Crippen LogP contribution in [0.4, 0.5) is 15.8 Å². The molecule has 0 saturated heterocycles. The monoisotopic (exact) mass is 270 g/mol. The summed E-state index contributed by atoms with van der Waals surface area (Å²) in [6.07, 6.45) is 0. The Bertz CT molecular complexity index is 491. The molecule has 0 bridgehead atoms. The van der Waals surface area contributed by atoms with E-state index in [1.54, 1.807) is 0 Å². The number of primary amides is 2. The number of benzene rings is 1. The molecule has 2 amide bonds. The maximum Gasteiger partial charge on any atom is 0.236 e. The van der Waals surface area contributed by atoms with Crippen LogP contribution in [0.5, 0.6) is 5.75 Å². The van der Waals surface area contributed by atoms with Gasteiger partial charge in [-0.05, 0) is 0 Å². The Labute approximate surface area is 109 Å². The van der Waals surface area contributed by atoms with Crippen molar-refractivity contribution in [3.8, 4) is 5.75 Å². The third kappa shape index (κ3) is 3.73. The molecule has 6 N–H and O–H groups in total. The van der Waals surface area contributed by atoms with Gasteiger partial charge in [0.25, 0.3) is 0 Å². The molecule has 1 aromatic carbocycles. The molecule has 0 radical (unpaired) electrons. The van der Waals surface area contributed by atoms with Gasteiger partial charge in [0.15, 0.2) is 0 Å². The quantitative estimate of drug-likeness (QED) is 0.583. The Hall–Kier alpha value is -2.51. The number of ether oxygens (including phenoxy) is 1. The number of carbonyl (C=O) groups excluding carboxylic acids is 2. The number of nitrogens with zero attached hydrogens (tertiary/aromatic N) is 1. The average Bonchev–Trinajstić information content (AvgIpc) is 2.27. The van der Waals surface area contributed by atoms with E-state index in [4.69, 9.17) is 21.9 Å². The van der Waals surface area contributed by atoms with Gasteiger partial charge in [-0.1, -0.05) is 0 Å². The minimum atomic E-state index is -0.726. The average molecular weight is 270 g/mol. The summed E-state index contributed by atoms with van der Waals surface area (Å²) in [4.78, 5) is 23.0. The molecule has 0 unspecified atom stereocenters. The highest BCUT2D eigenvalue weighted by molar-refractivity contribution is 5.85. The Morgan fingerprint density at radius 2 is 1.79 bits per heavy atom. The van der Waals surface area contributed by atoms with Gasteiger partial charge < -0.3 is 26.8 Å². The summed E-state index contributed by atoms with van der Waals surface area (Å²) < 4.78 is 18.8. The van der Waals surface area contributed by atoms with E-state index in [0.29, 0.717) is 0 Å². The lowest BCUT2D eigenvalue weighted by Gasteiger charge is -2.23. The van der Waals surface area contributed by atoms with Crippen LogP contribution in [0, 0.1) is 5.82 Å². The third-order valence-corrected chi connectivity index (χ3v) is 2.33. The van der Waals surface area contributed by atoms with Crippen LogP contribution in [0.25, 0.3) is 0 Å². The number of amides is 2. The summed E-state index contributed by atoms with van der Waals surface area (Å²) in [7, 11) is 1.36. The lowest BCUT2D eigenvalue weighted by Crippen LogP contribution is -2.40. The Kier molecular flexibility index (Phi) is 4.51. The molecule has 0 aliphatic rings. The SMILES string of the molecule is COc1cc(N(CC(N)=O)CC(N)=O)c(F)cc1N. The van der Waals surface area contributed by atoms with E-state index in [2.05, 4.69) is 0 Å². The third-order valence-electron chi connectivity index (χ3n) is 2.33. The molecular weight excluding hydrogens is 255 g/mol. The first-order valence-corrected chi connectivity index (χ1v) is 5.29. The Morgan fingerprint density at radius 3 is 2.21 bits per heavy atom. The van der Waals surface area contributed by atoms with Crippen LogP contribution in [0.15, 0.2) is 12.1 Å². The zero-order chi connectivity index (χ0) is 14.6. The second-order valence-corrected chi connectivity index (χ2v) is 3.83. The first-order chi connectivity index (χ1) is 8.85. The van der Waals surface area contributed by atoms with Gasteiger partial charge in [0, 0.05) is 12.1 Å². The predicted molar refractivity (Wildman–Crippen MR) is 68.0 cm³/mol. The smallest absolute Gasteiger partial charge is 0.236 e. The van der Waals surface area contributed by atoms with E-state index in [9.17, 15) is 14.0 Å². The summed E-state index contributed by atoms with van der Waals surface area (Å²) >= 11 is 0. The molecule has 19 heavy (non-hydrogen) atoms. The molecule has 1 aromatic rings. The summed E-state index contributed by atoms with van der Waals surface area (Å²) in [5.74, 6) is -1.94. The number of carbonyl (C=O) groups is 2. The van der Waals surface area contributed by atoms with Gasteiger partial charge >= 0.3 is 0 Å². The number of halogens is 1. The highest BCUT2D eigenvalue weighted by Gasteiger charge is 2.18. The zero-order valence-corrected chi connectivity index (χ0v) is 10.4. The number of hydrogen-bond donors (Lipinski definition) is 3. The Balaban J connectivity index is 3.20. The number of rotatable bonds is 6. The van der Waals surface area contributed by atoms with Crippen molar-refractivity contribution in [1.29, 1.82) is 0 Å². The molecule has 0 fully saturated rings. The van der Waals surface area contributed by atoms with Crippen molar-refractivity contribution in [2.75, 3.05) is 30.8 Å². The van der Waals surface area contributed by atoms with Gasteiger partial charge in [-0.3, -0.25) is 9.59 Å². The van der Waals surface area contributed by atoms with Gasteiger partial charge in [0.2, 0.25) is 11.8 Å². The van der Waals surface area contributed by atoms with E-state index in [-0.39, 0.29) is 30.2 Å². The Morgan fingerprint density at radius 1 is 1.26 bits per heavy atom. The fourth-order valence-corrected chi connectivity index (χ4v) is 1.58. The standard InChI is InChI=1S/C11H15FN4O3/c1-19-9-3-8(6(12)2-7(9)13)16(4-10(14)17)5-11(15)18/h2-3H,4-5,13H2,1H3,(H2,14,17)(H2,15,18). The lowest BCUT2D eigenvalue weighted by molar-refractivity contribution is -0.117. The van der Waals surface area contributed by atoms with E-state index >= 15 is 0 Å². The molecule has 104 valence electrons. The number of methoxy groups -OCH3 is 1. The molecule has 0 spiro atoms. The van der Waals surface area contributed by atoms with Gasteiger partial charge in [0.05, 0.1) is 31.6 Å². The van der Waals surface area contributed by atoms with Crippen molar-refractivity contribution in [2.24, 2.45) is 11.5 Å². The minimum absolute atomic E-state index is 0.0383. The number of hydrogen-bond acceptors (Lipinski definition) is 5. The van der Waals surface area contributed by atoms with E-state index in [1.807, 2.05) is 0 Å². The summed E-state index contributed by atoms with van der Waals surface area (Å²) in [6.45, 7) is -0.708. The minimum Gasteiger partial charge on any atom is -0.495 e. The van der Waals surface area contributed by atoms with Crippen LogP contribution < -0.4 is 26.8 Å². The van der Waals surface area contributed by atoms with E-state index < -0.39 is 17.6 Å². The second kappa shape index (κ2) is 5.89. The van der Waals surface area contributed by atoms with Crippen LogP contribution in [0.3, 0.4) is 0 Å². The zero-order valence-electron chi connectivity index (χ0n) is 10.4. The van der Waals surface area contributed by atoms with Crippen LogP contribution >= 0.6 is 0 Å². The molecule has 0 aliphatic carbocycles. The van der Waals surface area contributed by atoms with Crippen molar-refractivity contribution in [3.63, 3.8) is 0 Å². The first kappa shape index (κ1) is 14.6. The molecular formula is C11H15FN4O3. The number of nitrogen functional groups attached to an aromatic ring is 1. The van der Waals surface area contributed by atoms with Crippen LogP contribution in [-0.2, 0) is 9.59 Å². The van der Waals surface area contributed by atoms with Crippen molar-refractivity contribution in [2.45, 2.75) is 0 Å². The van der Waals surface area contributed by atoms with Crippen LogP contribution in [-0.4, -0.2) is 32.0 Å². The molecule has 7 nitrogen and oxygen atoms in total. The van der Waals surface area contributed by atoms with Gasteiger partial charge in [-0.15, -0.1) is 0 Å². The van der Waals surface area contributed by atoms with Gasteiger partial charge in [0.1, 0.15) is 11.6 Å². The summed E-state index contributed by atoms with van der Waals surface area (Å²) in [6, 6.07) is 2.31. The maximum absolute atomic E-state index is 13.8. The molecule has 8 heteroatoms. The summed E-state index contributed by atoms with van der Waals surface area (Å²) in [5.41, 5.74) is 15.7. The van der Waals surface area contributed by atoms with Gasteiger partial charge in [-0.25, -0.2) is 4.39 Å². The summed E-state index contributed by atoms with van der Waals surface area (Å²) in [5, 5.41) is 0. The van der Waals surface area contributed by atoms with E-state index in [0.717, 1.165) is 11.0 Å². The van der Waals surface area contributed by atoms with Crippen molar-refractivity contribution in [3.05, 3.63) is 17.9 Å². The number of anilines is 2. The molecule has 0 heterocycles. The van der Waals surface area contributed by atoms with Crippen molar-refractivity contribution >= 4 is 23.2 Å². The second-order valence-electron chi connectivity index (χ2n) is 3.83. The van der Waals surface area contributed by atoms with Gasteiger partial charge in [-0.2, -0.15) is 0 Å². The van der Waals surface area contributed by atoms with E-state index in [1.165, 1.54) is 13.2 Å². The van der Waals surface area contributed by atoms with Crippen LogP contribution in [0.1, 0.15) is 0 Å². The maximum atomic E-state index is 13.8.